The molecule has 2 aromatic rings. The maximum Gasteiger partial charge on any atom is 0.417 e. The van der Waals surface area contributed by atoms with E-state index in [4.69, 9.17) is 4.74 Å². The molecule has 2 aromatic heterocycles. The molecule has 2 rings (SSSR count). The molecule has 0 aromatic carbocycles. The van der Waals surface area contributed by atoms with Crippen LogP contribution in [0.25, 0.3) is 0 Å². The van der Waals surface area contributed by atoms with Crippen LogP contribution in [0, 0.1) is 6.92 Å². The number of aromatic nitrogens is 3. The van der Waals surface area contributed by atoms with E-state index in [1.807, 2.05) is 19.1 Å². The summed E-state index contributed by atoms with van der Waals surface area (Å²) in [5.74, 6) is 0.162. The number of nitrogens with zero attached hydrogens (tertiary/aromatic N) is 4. The highest BCUT2D eigenvalue weighted by Crippen LogP contribution is 2.17. The van der Waals surface area contributed by atoms with Gasteiger partial charge in [0.15, 0.2) is 6.29 Å². The van der Waals surface area contributed by atoms with E-state index in [0.29, 0.717) is 11.8 Å². The summed E-state index contributed by atoms with van der Waals surface area (Å²) in [5.41, 5.74) is 1.38. The van der Waals surface area contributed by atoms with Crippen molar-refractivity contribution in [1.82, 2.24) is 15.0 Å². The van der Waals surface area contributed by atoms with Gasteiger partial charge >= 0.3 is 6.09 Å². The number of carbonyl (C=O) groups is 2. The van der Waals surface area contributed by atoms with E-state index in [1.54, 1.807) is 27.0 Å². The maximum atomic E-state index is 12.5. The fourth-order valence-electron chi connectivity index (χ4n) is 1.84. The van der Waals surface area contributed by atoms with Crippen LogP contribution < -0.4 is 4.90 Å². The standard InChI is InChI=1S/C17H20N4O3/c1-12-5-6-13(7-18-12)10-21(16(23)24-17(2,3)4)15-19-8-14(11-22)9-20-15/h5-9,11H,10H2,1-4H3. The zero-order valence-electron chi connectivity index (χ0n) is 14.2. The van der Waals surface area contributed by atoms with Gasteiger partial charge in [-0.25, -0.2) is 19.7 Å². The number of aryl methyl sites for hydroxylation is 1. The summed E-state index contributed by atoms with van der Waals surface area (Å²) in [6, 6.07) is 3.73. The fraction of sp³-hybridized carbons (Fsp3) is 0.353. The summed E-state index contributed by atoms with van der Waals surface area (Å²) in [5, 5.41) is 0. The molecular formula is C17H20N4O3. The molecule has 0 radical (unpaired) electrons. The van der Waals surface area contributed by atoms with E-state index in [1.165, 1.54) is 17.3 Å². The molecular weight excluding hydrogens is 308 g/mol. The third-order valence-corrected chi connectivity index (χ3v) is 2.96. The van der Waals surface area contributed by atoms with Gasteiger partial charge in [0.2, 0.25) is 5.95 Å². The van der Waals surface area contributed by atoms with E-state index >= 15 is 0 Å². The van der Waals surface area contributed by atoms with Crippen molar-refractivity contribution in [3.8, 4) is 0 Å². The van der Waals surface area contributed by atoms with Crippen molar-refractivity contribution < 1.29 is 14.3 Å². The molecule has 0 atom stereocenters. The van der Waals surface area contributed by atoms with E-state index in [-0.39, 0.29) is 12.5 Å². The summed E-state index contributed by atoms with van der Waals surface area (Å²) in [6.07, 6.45) is 4.49. The highest BCUT2D eigenvalue weighted by Gasteiger charge is 2.25. The van der Waals surface area contributed by atoms with Gasteiger partial charge in [-0.2, -0.15) is 0 Å². The van der Waals surface area contributed by atoms with Crippen LogP contribution in [0.4, 0.5) is 10.7 Å². The molecule has 24 heavy (non-hydrogen) atoms. The zero-order chi connectivity index (χ0) is 17.7. The lowest BCUT2D eigenvalue weighted by atomic mass is 10.2. The minimum atomic E-state index is -0.649. The van der Waals surface area contributed by atoms with Crippen molar-refractivity contribution in [3.05, 3.63) is 47.5 Å². The summed E-state index contributed by atoms with van der Waals surface area (Å²) in [4.78, 5) is 36.9. The molecule has 2 heterocycles. The maximum absolute atomic E-state index is 12.5. The first-order chi connectivity index (χ1) is 11.3. The van der Waals surface area contributed by atoms with Crippen LogP contribution in [0.3, 0.4) is 0 Å². The number of amides is 1. The van der Waals surface area contributed by atoms with Crippen LogP contribution in [-0.2, 0) is 11.3 Å². The summed E-state index contributed by atoms with van der Waals surface area (Å²) >= 11 is 0. The van der Waals surface area contributed by atoms with Crippen molar-refractivity contribution in [2.24, 2.45) is 0 Å². The summed E-state index contributed by atoms with van der Waals surface area (Å²) in [7, 11) is 0. The topological polar surface area (TPSA) is 85.3 Å². The van der Waals surface area contributed by atoms with Crippen LogP contribution in [0.1, 0.15) is 42.4 Å². The van der Waals surface area contributed by atoms with Crippen LogP contribution in [0.5, 0.6) is 0 Å². The Morgan fingerprint density at radius 1 is 1.17 bits per heavy atom. The number of aldehydes is 1. The smallest absolute Gasteiger partial charge is 0.417 e. The average Bonchev–Trinajstić information content (AvgIpc) is 2.53. The number of rotatable bonds is 4. The van der Waals surface area contributed by atoms with Crippen molar-refractivity contribution in [3.63, 3.8) is 0 Å². The van der Waals surface area contributed by atoms with Gasteiger partial charge in [0, 0.05) is 24.3 Å². The Bertz CT molecular complexity index is 706. The Morgan fingerprint density at radius 2 is 1.83 bits per heavy atom. The van der Waals surface area contributed by atoms with Gasteiger partial charge in [-0.1, -0.05) is 6.07 Å². The van der Waals surface area contributed by atoms with Crippen LogP contribution in [-0.4, -0.2) is 32.9 Å². The normalized spacial score (nSPS) is 11.0. The van der Waals surface area contributed by atoms with Crippen LogP contribution >= 0.6 is 0 Å². The van der Waals surface area contributed by atoms with Crippen LogP contribution in [0.2, 0.25) is 0 Å². The van der Waals surface area contributed by atoms with Gasteiger partial charge < -0.3 is 4.74 Å². The van der Waals surface area contributed by atoms with Gasteiger partial charge in [-0.05, 0) is 39.3 Å². The minimum Gasteiger partial charge on any atom is -0.443 e. The van der Waals surface area contributed by atoms with Crippen LogP contribution in [0.15, 0.2) is 30.7 Å². The highest BCUT2D eigenvalue weighted by atomic mass is 16.6. The molecule has 0 aliphatic carbocycles. The predicted molar refractivity (Wildman–Crippen MR) is 88.8 cm³/mol. The minimum absolute atomic E-state index is 0.162. The molecule has 0 saturated heterocycles. The summed E-state index contributed by atoms with van der Waals surface area (Å²) in [6.45, 7) is 7.45. The molecule has 0 aliphatic heterocycles. The third-order valence-electron chi connectivity index (χ3n) is 2.96. The third kappa shape index (κ3) is 4.84. The predicted octanol–water partition coefficient (Wildman–Crippen LogP) is 2.93. The first kappa shape index (κ1) is 17.5. The summed E-state index contributed by atoms with van der Waals surface area (Å²) < 4.78 is 5.42. The lowest BCUT2D eigenvalue weighted by Crippen LogP contribution is -2.37. The zero-order valence-corrected chi connectivity index (χ0v) is 14.2. The number of hydrogen-bond acceptors (Lipinski definition) is 6. The largest absolute Gasteiger partial charge is 0.443 e. The monoisotopic (exact) mass is 328 g/mol. The quantitative estimate of drug-likeness (QED) is 0.802. The second kappa shape index (κ2) is 7.16. The molecule has 7 nitrogen and oxygen atoms in total. The Kier molecular flexibility index (Phi) is 5.23. The van der Waals surface area contributed by atoms with Crippen molar-refractivity contribution in [2.75, 3.05) is 4.90 Å². The number of hydrogen-bond donors (Lipinski definition) is 0. The molecule has 1 amide bonds. The lowest BCUT2D eigenvalue weighted by Gasteiger charge is -2.26. The van der Waals surface area contributed by atoms with Crippen molar-refractivity contribution in [1.29, 1.82) is 0 Å². The fourth-order valence-corrected chi connectivity index (χ4v) is 1.84. The number of ether oxygens (including phenoxy) is 1. The second-order valence-corrected chi connectivity index (χ2v) is 6.31. The van der Waals surface area contributed by atoms with Gasteiger partial charge in [-0.3, -0.25) is 9.78 Å². The Morgan fingerprint density at radius 3 is 2.33 bits per heavy atom. The molecule has 0 aliphatic rings. The van der Waals surface area contributed by atoms with E-state index in [2.05, 4.69) is 15.0 Å². The molecule has 0 bridgehead atoms. The van der Waals surface area contributed by atoms with Gasteiger partial charge in [0.25, 0.3) is 0 Å². The van der Waals surface area contributed by atoms with E-state index in [0.717, 1.165) is 11.3 Å². The Hall–Kier alpha value is -2.83. The average molecular weight is 328 g/mol. The molecule has 7 heteroatoms. The molecule has 0 N–H and O–H groups in total. The SMILES string of the molecule is Cc1ccc(CN(C(=O)OC(C)(C)C)c2ncc(C=O)cn2)cn1. The Balaban J connectivity index is 2.30. The van der Waals surface area contributed by atoms with Gasteiger partial charge in [-0.15, -0.1) is 0 Å². The second-order valence-electron chi connectivity index (χ2n) is 6.31. The molecule has 0 unspecified atom stereocenters. The van der Waals surface area contributed by atoms with Gasteiger partial charge in [0.1, 0.15) is 5.60 Å². The first-order valence-electron chi connectivity index (χ1n) is 7.48. The van der Waals surface area contributed by atoms with Gasteiger partial charge in [0.05, 0.1) is 12.1 Å². The number of pyridine rings is 1. The molecule has 0 spiro atoms. The Labute approximate surface area is 140 Å². The van der Waals surface area contributed by atoms with E-state index in [9.17, 15) is 9.59 Å². The lowest BCUT2D eigenvalue weighted by molar-refractivity contribution is 0.0575. The van der Waals surface area contributed by atoms with Crippen molar-refractivity contribution >= 4 is 18.3 Å². The first-order valence-corrected chi connectivity index (χ1v) is 7.48. The molecule has 0 fully saturated rings. The number of anilines is 1. The number of carbonyl (C=O) groups excluding carboxylic acids is 2. The molecule has 0 saturated carbocycles. The highest BCUT2D eigenvalue weighted by molar-refractivity contribution is 5.85. The van der Waals surface area contributed by atoms with Crippen molar-refractivity contribution in [2.45, 2.75) is 39.8 Å². The van der Waals surface area contributed by atoms with E-state index < -0.39 is 11.7 Å². The molecule has 126 valence electrons.